The van der Waals surface area contributed by atoms with Crippen LogP contribution in [0, 0.1) is 11.8 Å². The fourth-order valence-electron chi connectivity index (χ4n) is 3.68. The van der Waals surface area contributed by atoms with Gasteiger partial charge in [-0.25, -0.2) is 0 Å². The first kappa shape index (κ1) is 29.8. The molecule has 0 bridgehead atoms. The Morgan fingerprint density at radius 1 is 0.649 bits per heavy atom. The number of nitrogens with one attached hydrogen (secondary N) is 2. The van der Waals surface area contributed by atoms with Gasteiger partial charge in [0, 0.05) is 24.2 Å². The topological polar surface area (TPSA) is 111 Å². The molecule has 2 amide bonds. The number of hydrogen-bond acceptors (Lipinski definition) is 6. The van der Waals surface area contributed by atoms with E-state index in [1.807, 2.05) is 27.7 Å². The zero-order valence-corrected chi connectivity index (χ0v) is 23.4. The summed E-state index contributed by atoms with van der Waals surface area (Å²) in [6.07, 6.45) is 0.720. The van der Waals surface area contributed by atoms with Crippen LogP contribution in [0.15, 0.2) is 60.7 Å². The van der Waals surface area contributed by atoms with Crippen LogP contribution < -0.4 is 10.6 Å². The van der Waals surface area contributed by atoms with Crippen LogP contribution in [0.3, 0.4) is 0 Å². The number of carbonyl (C=O) groups is 4. The summed E-state index contributed by atoms with van der Waals surface area (Å²) in [6.45, 7) is 10.9. The third-order valence-corrected chi connectivity index (χ3v) is 6.74. The van der Waals surface area contributed by atoms with E-state index in [1.54, 1.807) is 73.8 Å². The van der Waals surface area contributed by atoms with Gasteiger partial charge >= 0.3 is 20.5 Å². The van der Waals surface area contributed by atoms with Crippen molar-refractivity contribution in [2.24, 2.45) is 11.8 Å². The third-order valence-electron chi connectivity index (χ3n) is 5.36. The van der Waals surface area contributed by atoms with Crippen LogP contribution in [-0.4, -0.2) is 44.4 Å². The molecule has 37 heavy (non-hydrogen) atoms. The minimum Gasteiger partial charge on any atom is -0.484 e. The Bertz CT molecular complexity index is 973. The first-order chi connectivity index (χ1) is 17.4. The molecular weight excluding hydrogens is 488 g/mol. The third kappa shape index (κ3) is 10.2. The van der Waals surface area contributed by atoms with Crippen molar-refractivity contribution in [3.63, 3.8) is 0 Å². The molecule has 2 rings (SSSR count). The Labute approximate surface area is 220 Å². The number of rotatable bonds is 12. The molecule has 0 aliphatic carbocycles. The average molecular weight is 527 g/mol. The highest BCUT2D eigenvalue weighted by molar-refractivity contribution is 6.67. The lowest BCUT2D eigenvalue weighted by Crippen LogP contribution is -2.51. The maximum Gasteiger partial charge on any atom is 0.457 e. The lowest BCUT2D eigenvalue weighted by Gasteiger charge is -2.28. The maximum atomic E-state index is 13.1. The van der Waals surface area contributed by atoms with Gasteiger partial charge in [0.25, 0.3) is 11.8 Å². The van der Waals surface area contributed by atoms with E-state index in [1.165, 1.54) is 0 Å². The fraction of sp³-hybridized carbons (Fsp3) is 0.429. The Morgan fingerprint density at radius 3 is 1.27 bits per heavy atom. The standard InChI is InChI=1S/C28H38N2O6Si/c1-19(2)17-23(29-25(31)21-13-9-7-10-14-21)27(33)35-37(5,6)36-28(34)24(18-20(3)4)30-26(32)22-15-11-8-12-16-22/h7-16,19-20,23-24H,17-18H2,1-6H3,(H,29,31)(H,30,32). The molecule has 8 nitrogen and oxygen atoms in total. The summed E-state index contributed by atoms with van der Waals surface area (Å²) in [7, 11) is -3.32. The Kier molecular flexibility index (Phi) is 11.1. The minimum atomic E-state index is -3.32. The first-order valence-electron chi connectivity index (χ1n) is 12.6. The zero-order valence-electron chi connectivity index (χ0n) is 22.4. The van der Waals surface area contributed by atoms with Crippen LogP contribution in [0.2, 0.25) is 13.1 Å². The zero-order chi connectivity index (χ0) is 27.6. The summed E-state index contributed by atoms with van der Waals surface area (Å²) in [5, 5.41) is 5.49. The SMILES string of the molecule is CC(C)CC(NC(=O)c1ccccc1)C(=O)O[Si](C)(C)OC(=O)C(CC(C)C)NC(=O)c1ccccc1. The molecule has 0 saturated heterocycles. The summed E-state index contributed by atoms with van der Waals surface area (Å²) in [5.74, 6) is -1.89. The molecule has 2 unspecified atom stereocenters. The quantitative estimate of drug-likeness (QED) is 0.395. The van der Waals surface area contributed by atoms with Crippen LogP contribution in [-0.2, 0) is 18.4 Å². The van der Waals surface area contributed by atoms with Gasteiger partial charge in [-0.05, 0) is 48.9 Å². The van der Waals surface area contributed by atoms with Crippen molar-refractivity contribution in [3.05, 3.63) is 71.8 Å². The summed E-state index contributed by atoms with van der Waals surface area (Å²) < 4.78 is 11.4. The highest BCUT2D eigenvalue weighted by atomic mass is 28.4. The summed E-state index contributed by atoms with van der Waals surface area (Å²) in [5.41, 5.74) is 0.857. The number of carbonyl (C=O) groups excluding carboxylic acids is 4. The van der Waals surface area contributed by atoms with E-state index in [-0.39, 0.29) is 23.7 Å². The summed E-state index contributed by atoms with van der Waals surface area (Å²) in [6, 6.07) is 15.4. The molecule has 9 heteroatoms. The molecule has 2 N–H and O–H groups in total. The van der Waals surface area contributed by atoms with Gasteiger partial charge in [-0.3, -0.25) is 19.2 Å². The van der Waals surface area contributed by atoms with E-state index >= 15 is 0 Å². The second kappa shape index (κ2) is 13.7. The van der Waals surface area contributed by atoms with Gasteiger partial charge in [-0.2, -0.15) is 0 Å². The highest BCUT2D eigenvalue weighted by Gasteiger charge is 2.39. The van der Waals surface area contributed by atoms with Gasteiger partial charge in [-0.1, -0.05) is 64.1 Å². The van der Waals surface area contributed by atoms with Crippen molar-refractivity contribution in [1.29, 1.82) is 0 Å². The summed E-state index contributed by atoms with van der Waals surface area (Å²) >= 11 is 0. The van der Waals surface area contributed by atoms with Crippen molar-refractivity contribution in [2.75, 3.05) is 0 Å². The molecule has 2 atom stereocenters. The van der Waals surface area contributed by atoms with Crippen LogP contribution in [0.25, 0.3) is 0 Å². The lowest BCUT2D eigenvalue weighted by molar-refractivity contribution is -0.144. The molecule has 0 saturated carbocycles. The molecule has 200 valence electrons. The van der Waals surface area contributed by atoms with E-state index in [0.717, 1.165) is 0 Å². The predicted molar refractivity (Wildman–Crippen MR) is 144 cm³/mol. The van der Waals surface area contributed by atoms with Crippen molar-refractivity contribution in [3.8, 4) is 0 Å². The van der Waals surface area contributed by atoms with Crippen LogP contribution in [0.1, 0.15) is 61.3 Å². The molecule has 0 aliphatic heterocycles. The van der Waals surface area contributed by atoms with Crippen LogP contribution >= 0.6 is 0 Å². The second-order valence-corrected chi connectivity index (χ2v) is 13.5. The van der Waals surface area contributed by atoms with Crippen LogP contribution in [0.5, 0.6) is 0 Å². The van der Waals surface area contributed by atoms with Gasteiger partial charge in [0.15, 0.2) is 0 Å². The predicted octanol–water partition coefficient (Wildman–Crippen LogP) is 4.46. The van der Waals surface area contributed by atoms with E-state index in [9.17, 15) is 19.2 Å². The van der Waals surface area contributed by atoms with E-state index in [4.69, 9.17) is 8.85 Å². The van der Waals surface area contributed by atoms with E-state index in [2.05, 4.69) is 10.6 Å². The molecule has 2 aromatic rings. The Hall–Kier alpha value is -3.46. The maximum absolute atomic E-state index is 13.1. The van der Waals surface area contributed by atoms with Gasteiger partial charge in [-0.15, -0.1) is 0 Å². The first-order valence-corrected chi connectivity index (χ1v) is 15.4. The van der Waals surface area contributed by atoms with E-state index < -0.39 is 32.6 Å². The van der Waals surface area contributed by atoms with Crippen LogP contribution in [0.4, 0.5) is 0 Å². The molecular formula is C28H38N2O6Si. The molecule has 0 spiro atoms. The normalized spacial score (nSPS) is 13.0. The Morgan fingerprint density at radius 2 is 0.973 bits per heavy atom. The van der Waals surface area contributed by atoms with Gasteiger partial charge in [0.2, 0.25) is 0 Å². The second-order valence-electron chi connectivity index (χ2n) is 10.3. The van der Waals surface area contributed by atoms with Crippen molar-refractivity contribution in [1.82, 2.24) is 10.6 Å². The lowest BCUT2D eigenvalue weighted by atomic mass is 10.0. The van der Waals surface area contributed by atoms with Gasteiger partial charge in [0.1, 0.15) is 12.1 Å². The number of hydrogen-bond donors (Lipinski definition) is 2. The summed E-state index contributed by atoms with van der Waals surface area (Å²) in [4.78, 5) is 51.5. The number of amides is 2. The highest BCUT2D eigenvalue weighted by Crippen LogP contribution is 2.16. The van der Waals surface area contributed by atoms with E-state index in [0.29, 0.717) is 24.0 Å². The number of benzene rings is 2. The van der Waals surface area contributed by atoms with Crippen molar-refractivity contribution >= 4 is 32.3 Å². The van der Waals surface area contributed by atoms with Gasteiger partial charge < -0.3 is 19.5 Å². The fourth-order valence-corrected chi connectivity index (χ4v) is 4.98. The van der Waals surface area contributed by atoms with Crippen molar-refractivity contribution in [2.45, 2.75) is 65.7 Å². The Balaban J connectivity index is 2.09. The molecule has 0 fully saturated rings. The molecule has 0 aliphatic rings. The molecule has 0 radical (unpaired) electrons. The average Bonchev–Trinajstić information content (AvgIpc) is 2.83. The monoisotopic (exact) mass is 526 g/mol. The molecule has 2 aromatic carbocycles. The largest absolute Gasteiger partial charge is 0.484 e. The minimum absolute atomic E-state index is 0.101. The van der Waals surface area contributed by atoms with Crippen molar-refractivity contribution < 1.29 is 28.0 Å². The van der Waals surface area contributed by atoms with Gasteiger partial charge in [0.05, 0.1) is 0 Å². The smallest absolute Gasteiger partial charge is 0.457 e. The molecule has 0 heterocycles. The molecule has 0 aromatic heterocycles.